The SMILES string of the molecule is O=c1[nH]c2cc(O)c(N=Nc3c(O)c4ccccc4oc3=O)cc2[nH]1. The average molecular weight is 338 g/mol. The second kappa shape index (κ2) is 5.34. The van der Waals surface area contributed by atoms with Gasteiger partial charge in [0.05, 0.1) is 16.4 Å². The molecule has 0 atom stereocenters. The Balaban J connectivity index is 1.85. The predicted octanol–water partition coefficient (Wildman–Crippen LogP) is 2.79. The van der Waals surface area contributed by atoms with Crippen LogP contribution in [0.4, 0.5) is 11.4 Å². The lowest BCUT2D eigenvalue weighted by Gasteiger charge is -2.02. The number of phenolic OH excluding ortho intramolecular Hbond substituents is 1. The molecule has 0 bridgehead atoms. The number of aromatic hydroxyl groups is 2. The summed E-state index contributed by atoms with van der Waals surface area (Å²) < 4.78 is 5.08. The molecule has 4 rings (SSSR count). The minimum Gasteiger partial charge on any atom is -0.506 e. The number of azo groups is 1. The fourth-order valence-electron chi connectivity index (χ4n) is 2.46. The monoisotopic (exact) mass is 338 g/mol. The van der Waals surface area contributed by atoms with E-state index in [1.54, 1.807) is 24.3 Å². The van der Waals surface area contributed by atoms with Gasteiger partial charge in [-0.05, 0) is 18.2 Å². The molecule has 2 heterocycles. The minimum absolute atomic E-state index is 0.00899. The largest absolute Gasteiger partial charge is 0.506 e. The molecule has 0 saturated carbocycles. The van der Waals surface area contributed by atoms with Crippen LogP contribution in [0.3, 0.4) is 0 Å². The Morgan fingerprint density at radius 3 is 2.48 bits per heavy atom. The standard InChI is InChI=1S/C16H10N4O5/c21-11-6-9-8(17-16(24)18-9)5-10(11)19-20-13-14(22)7-3-1-2-4-12(7)25-15(13)23/h1-6,21-22H,(H2,17,18,24). The first kappa shape index (κ1) is 14.7. The Morgan fingerprint density at radius 1 is 0.960 bits per heavy atom. The Bertz CT molecular complexity index is 1270. The molecule has 9 nitrogen and oxygen atoms in total. The van der Waals surface area contributed by atoms with Crippen molar-refractivity contribution in [3.05, 3.63) is 57.3 Å². The maximum Gasteiger partial charge on any atom is 0.368 e. The fraction of sp³-hybridized carbons (Fsp3) is 0. The number of rotatable bonds is 2. The van der Waals surface area contributed by atoms with Gasteiger partial charge in [-0.3, -0.25) is 0 Å². The molecule has 0 aliphatic rings. The predicted molar refractivity (Wildman–Crippen MR) is 88.9 cm³/mol. The van der Waals surface area contributed by atoms with Crippen molar-refractivity contribution in [2.75, 3.05) is 0 Å². The highest BCUT2D eigenvalue weighted by Crippen LogP contribution is 2.34. The zero-order chi connectivity index (χ0) is 17.6. The van der Waals surface area contributed by atoms with Gasteiger partial charge in [-0.15, -0.1) is 10.2 Å². The van der Waals surface area contributed by atoms with Crippen molar-refractivity contribution in [3.8, 4) is 11.5 Å². The molecule has 4 aromatic rings. The fourth-order valence-corrected chi connectivity index (χ4v) is 2.46. The normalized spacial score (nSPS) is 11.7. The van der Waals surface area contributed by atoms with Gasteiger partial charge in [-0.25, -0.2) is 9.59 Å². The van der Waals surface area contributed by atoms with Gasteiger partial charge in [-0.1, -0.05) is 12.1 Å². The Labute approximate surface area is 137 Å². The summed E-state index contributed by atoms with van der Waals surface area (Å²) in [6.45, 7) is 0. The van der Waals surface area contributed by atoms with Crippen molar-refractivity contribution in [2.24, 2.45) is 10.2 Å². The van der Waals surface area contributed by atoms with Crippen LogP contribution in [0.5, 0.6) is 11.5 Å². The topological polar surface area (TPSA) is 144 Å². The summed E-state index contributed by atoms with van der Waals surface area (Å²) in [7, 11) is 0. The smallest absolute Gasteiger partial charge is 0.368 e. The maximum absolute atomic E-state index is 12.0. The molecule has 2 aromatic heterocycles. The quantitative estimate of drug-likeness (QED) is 0.328. The molecule has 124 valence electrons. The molecule has 0 spiro atoms. The number of aromatic amines is 2. The average Bonchev–Trinajstić information content (AvgIpc) is 2.93. The second-order valence-corrected chi connectivity index (χ2v) is 5.25. The zero-order valence-corrected chi connectivity index (χ0v) is 12.5. The number of para-hydroxylation sites is 1. The van der Waals surface area contributed by atoms with Gasteiger partial charge >= 0.3 is 11.3 Å². The first-order chi connectivity index (χ1) is 12.0. The van der Waals surface area contributed by atoms with E-state index in [-0.39, 0.29) is 28.5 Å². The van der Waals surface area contributed by atoms with E-state index < -0.39 is 11.3 Å². The van der Waals surface area contributed by atoms with Gasteiger partial charge in [0.15, 0.2) is 5.75 Å². The van der Waals surface area contributed by atoms with Crippen molar-refractivity contribution in [1.82, 2.24) is 9.97 Å². The summed E-state index contributed by atoms with van der Waals surface area (Å²) in [6, 6.07) is 9.12. The molecule has 25 heavy (non-hydrogen) atoms. The van der Waals surface area contributed by atoms with E-state index >= 15 is 0 Å². The van der Waals surface area contributed by atoms with Gasteiger partial charge in [0.25, 0.3) is 0 Å². The summed E-state index contributed by atoms with van der Waals surface area (Å²) in [5.74, 6) is -0.623. The van der Waals surface area contributed by atoms with Crippen molar-refractivity contribution in [2.45, 2.75) is 0 Å². The Morgan fingerprint density at radius 2 is 1.68 bits per heavy atom. The van der Waals surface area contributed by atoms with Crippen LogP contribution in [-0.2, 0) is 0 Å². The van der Waals surface area contributed by atoms with Gasteiger partial charge < -0.3 is 24.6 Å². The molecule has 0 aliphatic heterocycles. The van der Waals surface area contributed by atoms with Gasteiger partial charge in [0.2, 0.25) is 5.69 Å². The van der Waals surface area contributed by atoms with Crippen LogP contribution in [0.1, 0.15) is 0 Å². The van der Waals surface area contributed by atoms with Crippen LogP contribution >= 0.6 is 0 Å². The number of benzene rings is 2. The second-order valence-electron chi connectivity index (χ2n) is 5.25. The highest BCUT2D eigenvalue weighted by atomic mass is 16.4. The maximum atomic E-state index is 12.0. The van der Waals surface area contributed by atoms with E-state index in [0.717, 1.165) is 0 Å². The van der Waals surface area contributed by atoms with Crippen LogP contribution in [-0.4, -0.2) is 20.2 Å². The molecule has 2 aromatic carbocycles. The lowest BCUT2D eigenvalue weighted by Crippen LogP contribution is -1.99. The number of phenols is 1. The number of hydrogen-bond acceptors (Lipinski definition) is 7. The highest BCUT2D eigenvalue weighted by Gasteiger charge is 2.14. The lowest BCUT2D eigenvalue weighted by atomic mass is 10.2. The van der Waals surface area contributed by atoms with Gasteiger partial charge in [0, 0.05) is 6.07 Å². The first-order valence-corrected chi connectivity index (χ1v) is 7.14. The third-order valence-corrected chi connectivity index (χ3v) is 3.63. The van der Waals surface area contributed by atoms with Gasteiger partial charge in [0.1, 0.15) is 17.0 Å². The summed E-state index contributed by atoms with van der Waals surface area (Å²) in [5.41, 5.74) is -0.651. The zero-order valence-electron chi connectivity index (χ0n) is 12.5. The molecule has 0 aliphatic carbocycles. The van der Waals surface area contributed by atoms with Crippen molar-refractivity contribution in [3.63, 3.8) is 0 Å². The van der Waals surface area contributed by atoms with Crippen LogP contribution in [0.25, 0.3) is 22.0 Å². The molecular weight excluding hydrogens is 328 g/mol. The van der Waals surface area contributed by atoms with Crippen LogP contribution < -0.4 is 11.3 Å². The Hall–Kier alpha value is -3.88. The molecule has 0 fully saturated rings. The van der Waals surface area contributed by atoms with Crippen molar-refractivity contribution < 1.29 is 14.6 Å². The number of aromatic nitrogens is 2. The van der Waals surface area contributed by atoms with E-state index in [2.05, 4.69) is 20.2 Å². The number of nitrogens with zero attached hydrogens (tertiary/aromatic N) is 2. The van der Waals surface area contributed by atoms with Crippen LogP contribution in [0.2, 0.25) is 0 Å². The highest BCUT2D eigenvalue weighted by molar-refractivity contribution is 5.87. The van der Waals surface area contributed by atoms with E-state index in [0.29, 0.717) is 16.4 Å². The van der Waals surface area contributed by atoms with Crippen LogP contribution in [0.15, 0.2) is 60.6 Å². The number of imidazole rings is 1. The summed E-state index contributed by atoms with van der Waals surface area (Å²) in [4.78, 5) is 28.3. The molecule has 0 amide bonds. The number of fused-ring (bicyclic) bond motifs is 2. The molecule has 9 heteroatoms. The first-order valence-electron chi connectivity index (χ1n) is 7.14. The molecule has 0 radical (unpaired) electrons. The van der Waals surface area contributed by atoms with Crippen LogP contribution in [0, 0.1) is 0 Å². The molecule has 0 saturated heterocycles. The number of nitrogens with one attached hydrogen (secondary N) is 2. The molecule has 0 unspecified atom stereocenters. The van der Waals surface area contributed by atoms with E-state index in [1.807, 2.05) is 0 Å². The molecular formula is C16H10N4O5. The summed E-state index contributed by atoms with van der Waals surface area (Å²) >= 11 is 0. The molecule has 4 N–H and O–H groups in total. The third-order valence-electron chi connectivity index (χ3n) is 3.63. The minimum atomic E-state index is -0.865. The number of H-pyrrole nitrogens is 2. The van der Waals surface area contributed by atoms with Crippen molar-refractivity contribution in [1.29, 1.82) is 0 Å². The number of hydrogen-bond donors (Lipinski definition) is 4. The van der Waals surface area contributed by atoms with E-state index in [9.17, 15) is 19.8 Å². The summed E-state index contributed by atoms with van der Waals surface area (Å²) in [5, 5.41) is 28.0. The summed E-state index contributed by atoms with van der Waals surface area (Å²) in [6.07, 6.45) is 0. The van der Waals surface area contributed by atoms with Crippen molar-refractivity contribution >= 4 is 33.4 Å². The Kier molecular flexibility index (Phi) is 3.14. The van der Waals surface area contributed by atoms with Gasteiger partial charge in [-0.2, -0.15) is 0 Å². The van der Waals surface area contributed by atoms with E-state index in [4.69, 9.17) is 4.42 Å². The third kappa shape index (κ3) is 2.43. The van der Waals surface area contributed by atoms with E-state index in [1.165, 1.54) is 12.1 Å². The lowest BCUT2D eigenvalue weighted by molar-refractivity contribution is 0.468.